The molecule has 0 aliphatic rings. The van der Waals surface area contributed by atoms with Gasteiger partial charge in [0, 0.05) is 12.8 Å². The number of benzene rings is 2. The van der Waals surface area contributed by atoms with E-state index in [2.05, 4.69) is 15.3 Å². The Labute approximate surface area is 168 Å². The van der Waals surface area contributed by atoms with E-state index in [1.165, 1.54) is 0 Å². The maximum absolute atomic E-state index is 12.0. The van der Waals surface area contributed by atoms with Crippen molar-refractivity contribution >= 4 is 22.8 Å². The molecule has 1 heterocycles. The van der Waals surface area contributed by atoms with Crippen LogP contribution in [0.25, 0.3) is 10.9 Å². The molecule has 150 valence electrons. The topological polar surface area (TPSA) is 101 Å². The summed E-state index contributed by atoms with van der Waals surface area (Å²) in [6, 6.07) is 16.5. The van der Waals surface area contributed by atoms with E-state index in [1.807, 2.05) is 43.3 Å². The Kier molecular flexibility index (Phi) is 6.73. The minimum atomic E-state index is -0.462. The van der Waals surface area contributed by atoms with Crippen LogP contribution in [0, 0.1) is 0 Å². The largest absolute Gasteiger partial charge is 0.456 e. The zero-order valence-electron chi connectivity index (χ0n) is 16.2. The summed E-state index contributed by atoms with van der Waals surface area (Å²) in [4.78, 5) is 43.0. The first-order chi connectivity index (χ1) is 14.0. The number of rotatable bonds is 8. The highest BCUT2D eigenvalue weighted by Crippen LogP contribution is 2.11. The lowest BCUT2D eigenvalue weighted by molar-refractivity contribution is -0.148. The zero-order valence-corrected chi connectivity index (χ0v) is 16.2. The van der Waals surface area contributed by atoms with Crippen LogP contribution in [0.1, 0.15) is 37.2 Å². The van der Waals surface area contributed by atoms with Crippen LogP contribution in [0.4, 0.5) is 0 Å². The third kappa shape index (κ3) is 5.75. The Balaban J connectivity index is 1.41. The van der Waals surface area contributed by atoms with E-state index >= 15 is 0 Å². The van der Waals surface area contributed by atoms with Gasteiger partial charge in [-0.05, 0) is 31.0 Å². The molecule has 0 fully saturated rings. The second-order valence-corrected chi connectivity index (χ2v) is 6.74. The zero-order chi connectivity index (χ0) is 20.6. The lowest BCUT2D eigenvalue weighted by Crippen LogP contribution is -2.31. The van der Waals surface area contributed by atoms with Crippen LogP contribution in [0.3, 0.4) is 0 Å². The van der Waals surface area contributed by atoms with Gasteiger partial charge in [0.25, 0.3) is 11.5 Å². The molecule has 2 N–H and O–H groups in total. The SMILES string of the molecule is C[C@H](NC(=O)COC(=O)CCCc1nc2ccccc2c(=O)[nH]1)c1ccccc1. The average molecular weight is 393 g/mol. The summed E-state index contributed by atoms with van der Waals surface area (Å²) in [5, 5.41) is 3.32. The van der Waals surface area contributed by atoms with Gasteiger partial charge in [0.2, 0.25) is 0 Å². The minimum absolute atomic E-state index is 0.137. The third-order valence-electron chi connectivity index (χ3n) is 4.50. The first-order valence-electron chi connectivity index (χ1n) is 9.51. The molecule has 0 saturated carbocycles. The van der Waals surface area contributed by atoms with Gasteiger partial charge in [-0.3, -0.25) is 14.4 Å². The van der Waals surface area contributed by atoms with Crippen LogP contribution >= 0.6 is 0 Å². The number of esters is 1. The number of ether oxygens (including phenoxy) is 1. The Morgan fingerprint density at radius 3 is 2.62 bits per heavy atom. The molecule has 0 radical (unpaired) electrons. The van der Waals surface area contributed by atoms with Gasteiger partial charge in [-0.2, -0.15) is 0 Å². The second-order valence-electron chi connectivity index (χ2n) is 6.74. The van der Waals surface area contributed by atoms with Crippen molar-refractivity contribution in [3.63, 3.8) is 0 Å². The third-order valence-corrected chi connectivity index (χ3v) is 4.50. The highest BCUT2D eigenvalue weighted by molar-refractivity contribution is 5.81. The predicted molar refractivity (Wildman–Crippen MR) is 109 cm³/mol. The van der Waals surface area contributed by atoms with E-state index in [1.54, 1.807) is 18.2 Å². The number of aryl methyl sites for hydroxylation is 1. The smallest absolute Gasteiger partial charge is 0.306 e. The molecule has 0 saturated heterocycles. The fraction of sp³-hybridized carbons (Fsp3) is 0.273. The van der Waals surface area contributed by atoms with Gasteiger partial charge >= 0.3 is 5.97 Å². The summed E-state index contributed by atoms with van der Waals surface area (Å²) in [6.45, 7) is 1.55. The van der Waals surface area contributed by atoms with Crippen molar-refractivity contribution in [2.24, 2.45) is 0 Å². The number of nitrogens with zero attached hydrogens (tertiary/aromatic N) is 1. The molecule has 2 aromatic carbocycles. The number of hydrogen-bond donors (Lipinski definition) is 2. The van der Waals surface area contributed by atoms with Crippen LogP contribution in [0.5, 0.6) is 0 Å². The number of aromatic nitrogens is 2. The monoisotopic (exact) mass is 393 g/mol. The van der Waals surface area contributed by atoms with Crippen LogP contribution < -0.4 is 10.9 Å². The predicted octanol–water partition coefficient (Wildman–Crippen LogP) is 2.67. The van der Waals surface area contributed by atoms with Crippen molar-refractivity contribution in [1.29, 1.82) is 0 Å². The van der Waals surface area contributed by atoms with Gasteiger partial charge in [0.1, 0.15) is 5.82 Å². The highest BCUT2D eigenvalue weighted by atomic mass is 16.5. The van der Waals surface area contributed by atoms with Gasteiger partial charge < -0.3 is 15.0 Å². The van der Waals surface area contributed by atoms with Gasteiger partial charge in [-0.15, -0.1) is 0 Å². The fourth-order valence-electron chi connectivity index (χ4n) is 2.98. The molecule has 0 bridgehead atoms. The molecule has 0 aliphatic heterocycles. The molecule has 1 atom stereocenters. The highest BCUT2D eigenvalue weighted by Gasteiger charge is 2.12. The van der Waals surface area contributed by atoms with E-state index in [0.717, 1.165) is 5.56 Å². The van der Waals surface area contributed by atoms with E-state index in [9.17, 15) is 14.4 Å². The fourth-order valence-corrected chi connectivity index (χ4v) is 2.98. The number of hydrogen-bond acceptors (Lipinski definition) is 5. The van der Waals surface area contributed by atoms with Gasteiger partial charge in [-0.1, -0.05) is 42.5 Å². The van der Waals surface area contributed by atoms with Crippen molar-refractivity contribution in [2.45, 2.75) is 32.2 Å². The lowest BCUT2D eigenvalue weighted by atomic mass is 10.1. The number of carbonyl (C=O) groups is 2. The van der Waals surface area contributed by atoms with Gasteiger partial charge in [0.05, 0.1) is 16.9 Å². The molecule has 0 unspecified atom stereocenters. The van der Waals surface area contributed by atoms with Crippen molar-refractivity contribution in [1.82, 2.24) is 15.3 Å². The lowest BCUT2D eigenvalue weighted by Gasteiger charge is -2.14. The van der Waals surface area contributed by atoms with E-state index < -0.39 is 5.97 Å². The summed E-state index contributed by atoms with van der Waals surface area (Å²) in [6.07, 6.45) is 1.03. The maximum Gasteiger partial charge on any atom is 0.306 e. The molecule has 0 spiro atoms. The molecular formula is C22H23N3O4. The van der Waals surface area contributed by atoms with Crippen molar-refractivity contribution in [3.05, 3.63) is 76.3 Å². The molecule has 29 heavy (non-hydrogen) atoms. The van der Waals surface area contributed by atoms with Gasteiger partial charge in [-0.25, -0.2) is 4.98 Å². The van der Waals surface area contributed by atoms with Gasteiger partial charge in [0.15, 0.2) is 6.61 Å². The van der Waals surface area contributed by atoms with Crippen LogP contribution in [0.2, 0.25) is 0 Å². The summed E-state index contributed by atoms with van der Waals surface area (Å²) in [7, 11) is 0. The Morgan fingerprint density at radius 2 is 1.83 bits per heavy atom. The molecular weight excluding hydrogens is 370 g/mol. The number of carbonyl (C=O) groups excluding carboxylic acids is 2. The Bertz CT molecular complexity index is 1050. The molecule has 3 aromatic rings. The maximum atomic E-state index is 12.0. The molecule has 0 aliphatic carbocycles. The number of H-pyrrole nitrogens is 1. The quantitative estimate of drug-likeness (QED) is 0.573. The summed E-state index contributed by atoms with van der Waals surface area (Å²) < 4.78 is 5.03. The van der Waals surface area contributed by atoms with E-state index in [4.69, 9.17) is 4.74 Å². The van der Waals surface area contributed by atoms with E-state index in [-0.39, 0.29) is 30.5 Å². The number of para-hydroxylation sites is 1. The minimum Gasteiger partial charge on any atom is -0.456 e. The Hall–Kier alpha value is -3.48. The molecule has 3 rings (SSSR count). The first-order valence-corrected chi connectivity index (χ1v) is 9.51. The van der Waals surface area contributed by atoms with Crippen LogP contribution in [-0.2, 0) is 20.7 Å². The standard InChI is InChI=1S/C22H23N3O4/c1-15(16-8-3-2-4-9-16)23-20(26)14-29-21(27)13-7-12-19-24-18-11-6-5-10-17(18)22(28)25-19/h2-6,8-11,15H,7,12-14H2,1H3,(H,23,26)(H,24,25,28)/t15-/m0/s1. The molecule has 7 nitrogen and oxygen atoms in total. The van der Waals surface area contributed by atoms with E-state index in [0.29, 0.717) is 29.6 Å². The summed E-state index contributed by atoms with van der Waals surface area (Å²) in [5.41, 5.74) is 1.40. The summed E-state index contributed by atoms with van der Waals surface area (Å²) in [5.74, 6) is -0.290. The molecule has 7 heteroatoms. The number of fused-ring (bicyclic) bond motifs is 1. The summed E-state index contributed by atoms with van der Waals surface area (Å²) >= 11 is 0. The molecule has 1 amide bonds. The second kappa shape index (κ2) is 9.64. The number of amides is 1. The van der Waals surface area contributed by atoms with Crippen molar-refractivity contribution in [2.75, 3.05) is 6.61 Å². The Morgan fingerprint density at radius 1 is 1.10 bits per heavy atom. The first kappa shape index (κ1) is 20.3. The van der Waals surface area contributed by atoms with Crippen LogP contribution in [-0.4, -0.2) is 28.5 Å². The normalized spacial score (nSPS) is 11.8. The number of aromatic amines is 1. The van der Waals surface area contributed by atoms with Crippen molar-refractivity contribution < 1.29 is 14.3 Å². The number of nitrogens with one attached hydrogen (secondary N) is 2. The van der Waals surface area contributed by atoms with Crippen molar-refractivity contribution in [3.8, 4) is 0 Å². The molecule has 1 aromatic heterocycles. The van der Waals surface area contributed by atoms with Crippen LogP contribution in [0.15, 0.2) is 59.4 Å². The average Bonchev–Trinajstić information content (AvgIpc) is 2.73.